The van der Waals surface area contributed by atoms with Gasteiger partial charge in [-0.3, -0.25) is 5.32 Å². The van der Waals surface area contributed by atoms with Crippen molar-refractivity contribution < 1.29 is 4.74 Å². The van der Waals surface area contributed by atoms with Gasteiger partial charge < -0.3 is 4.74 Å². The maximum absolute atomic E-state index is 9.41. The molecule has 0 amide bonds. The summed E-state index contributed by atoms with van der Waals surface area (Å²) in [6.45, 7) is 4.19. The number of ether oxygens (including phenoxy) is 1. The summed E-state index contributed by atoms with van der Waals surface area (Å²) in [5.41, 5.74) is -0.417. The van der Waals surface area contributed by atoms with E-state index >= 15 is 0 Å². The van der Waals surface area contributed by atoms with Crippen molar-refractivity contribution >= 4 is 11.8 Å². The zero-order valence-electron chi connectivity index (χ0n) is 12.3. The van der Waals surface area contributed by atoms with Crippen LogP contribution in [0.1, 0.15) is 33.1 Å². The van der Waals surface area contributed by atoms with Crippen LogP contribution >= 0.6 is 11.8 Å². The molecule has 2 rings (SSSR count). The highest BCUT2D eigenvalue weighted by atomic mass is 32.2. The van der Waals surface area contributed by atoms with Gasteiger partial charge in [-0.15, -0.1) is 11.8 Å². The third-order valence-electron chi connectivity index (χ3n) is 3.44. The average Bonchev–Trinajstić information content (AvgIpc) is 3.23. The molecule has 0 radical (unpaired) electrons. The second-order valence-electron chi connectivity index (χ2n) is 5.67. The van der Waals surface area contributed by atoms with E-state index in [0.717, 1.165) is 12.2 Å². The van der Waals surface area contributed by atoms with E-state index in [4.69, 9.17) is 4.74 Å². The van der Waals surface area contributed by atoms with E-state index in [1.165, 1.54) is 17.7 Å². The minimum atomic E-state index is -0.417. The number of rotatable bonds is 7. The normalized spacial score (nSPS) is 18.9. The Balaban J connectivity index is 1.89. The van der Waals surface area contributed by atoms with Crippen molar-refractivity contribution in [2.45, 2.75) is 54.8 Å². The molecule has 20 heavy (non-hydrogen) atoms. The first-order valence-corrected chi connectivity index (χ1v) is 7.92. The standard InChI is InChI=1S/C16H22N2OS/c1-12(10-16(2,11-17)18-13-4-5-13)20-15-8-6-14(19-3)7-9-15/h6-9,12-13,18H,4-5,10H2,1-3H3. The van der Waals surface area contributed by atoms with Crippen molar-refractivity contribution in [3.05, 3.63) is 24.3 Å². The third-order valence-corrected chi connectivity index (χ3v) is 4.55. The number of thioether (sulfide) groups is 1. The van der Waals surface area contributed by atoms with Crippen LogP contribution in [0.2, 0.25) is 0 Å². The van der Waals surface area contributed by atoms with E-state index in [1.54, 1.807) is 18.9 Å². The van der Waals surface area contributed by atoms with Gasteiger partial charge in [-0.1, -0.05) is 6.92 Å². The van der Waals surface area contributed by atoms with Gasteiger partial charge in [-0.25, -0.2) is 0 Å². The Morgan fingerprint density at radius 1 is 1.45 bits per heavy atom. The number of nitrogens with zero attached hydrogens (tertiary/aromatic N) is 1. The van der Waals surface area contributed by atoms with Gasteiger partial charge in [0.1, 0.15) is 11.3 Å². The molecule has 0 bridgehead atoms. The molecular formula is C16H22N2OS. The van der Waals surface area contributed by atoms with Crippen LogP contribution in [-0.2, 0) is 0 Å². The lowest BCUT2D eigenvalue weighted by Crippen LogP contribution is -2.44. The van der Waals surface area contributed by atoms with E-state index in [1.807, 2.05) is 19.1 Å². The molecule has 1 aliphatic rings. The van der Waals surface area contributed by atoms with E-state index in [9.17, 15) is 5.26 Å². The first-order chi connectivity index (χ1) is 9.54. The lowest BCUT2D eigenvalue weighted by atomic mass is 9.98. The number of hydrogen-bond acceptors (Lipinski definition) is 4. The largest absolute Gasteiger partial charge is 0.497 e. The molecule has 1 N–H and O–H groups in total. The topological polar surface area (TPSA) is 45.0 Å². The summed E-state index contributed by atoms with van der Waals surface area (Å²) >= 11 is 1.81. The summed E-state index contributed by atoms with van der Waals surface area (Å²) in [4.78, 5) is 1.21. The second kappa shape index (κ2) is 6.51. The zero-order chi connectivity index (χ0) is 14.6. The van der Waals surface area contributed by atoms with Crippen LogP contribution in [0, 0.1) is 11.3 Å². The van der Waals surface area contributed by atoms with Crippen LogP contribution in [0.15, 0.2) is 29.2 Å². The number of nitrogens with one attached hydrogen (secondary N) is 1. The van der Waals surface area contributed by atoms with Gasteiger partial charge in [0.15, 0.2) is 0 Å². The Labute approximate surface area is 125 Å². The van der Waals surface area contributed by atoms with Gasteiger partial charge in [0, 0.05) is 16.2 Å². The molecule has 1 aromatic carbocycles. The van der Waals surface area contributed by atoms with E-state index in [0.29, 0.717) is 11.3 Å². The van der Waals surface area contributed by atoms with Crippen molar-refractivity contribution in [2.75, 3.05) is 7.11 Å². The number of methoxy groups -OCH3 is 1. The highest BCUT2D eigenvalue weighted by Gasteiger charge is 2.33. The maximum Gasteiger partial charge on any atom is 0.118 e. The van der Waals surface area contributed by atoms with Crippen molar-refractivity contribution in [3.63, 3.8) is 0 Å². The zero-order valence-corrected chi connectivity index (χ0v) is 13.2. The molecule has 0 saturated heterocycles. The van der Waals surface area contributed by atoms with Crippen LogP contribution in [0.5, 0.6) is 5.75 Å². The number of hydrogen-bond donors (Lipinski definition) is 1. The summed E-state index contributed by atoms with van der Waals surface area (Å²) in [7, 11) is 1.67. The fraction of sp³-hybridized carbons (Fsp3) is 0.562. The highest BCUT2D eigenvalue weighted by Crippen LogP contribution is 2.31. The smallest absolute Gasteiger partial charge is 0.118 e. The summed E-state index contributed by atoms with van der Waals surface area (Å²) in [6, 6.07) is 11.1. The Morgan fingerprint density at radius 2 is 2.10 bits per heavy atom. The van der Waals surface area contributed by atoms with Gasteiger partial charge in [0.25, 0.3) is 0 Å². The Morgan fingerprint density at radius 3 is 2.60 bits per heavy atom. The van der Waals surface area contributed by atoms with Gasteiger partial charge in [0.05, 0.1) is 13.2 Å². The fourth-order valence-corrected chi connectivity index (χ4v) is 3.49. The molecule has 2 unspecified atom stereocenters. The van der Waals surface area contributed by atoms with Gasteiger partial charge >= 0.3 is 0 Å². The lowest BCUT2D eigenvalue weighted by Gasteiger charge is -2.26. The van der Waals surface area contributed by atoms with Crippen molar-refractivity contribution in [2.24, 2.45) is 0 Å². The first kappa shape index (κ1) is 15.2. The van der Waals surface area contributed by atoms with Crippen LogP contribution in [-0.4, -0.2) is 23.9 Å². The van der Waals surface area contributed by atoms with Crippen LogP contribution in [0.25, 0.3) is 0 Å². The minimum Gasteiger partial charge on any atom is -0.497 e. The van der Waals surface area contributed by atoms with Crippen LogP contribution < -0.4 is 10.1 Å². The van der Waals surface area contributed by atoms with E-state index < -0.39 is 5.54 Å². The fourth-order valence-electron chi connectivity index (χ4n) is 2.32. The summed E-state index contributed by atoms with van der Waals surface area (Å²) in [5.74, 6) is 0.874. The molecule has 0 spiro atoms. The molecular weight excluding hydrogens is 268 g/mol. The van der Waals surface area contributed by atoms with E-state index in [-0.39, 0.29) is 0 Å². The molecule has 0 heterocycles. The molecule has 1 fully saturated rings. The number of benzene rings is 1. The molecule has 0 aliphatic heterocycles. The third kappa shape index (κ3) is 4.43. The van der Waals surface area contributed by atoms with Gasteiger partial charge in [-0.05, 0) is 50.5 Å². The molecule has 4 heteroatoms. The summed E-state index contributed by atoms with van der Waals surface area (Å²) < 4.78 is 5.16. The number of nitriles is 1. The molecule has 1 saturated carbocycles. The van der Waals surface area contributed by atoms with Crippen LogP contribution in [0.3, 0.4) is 0 Å². The second-order valence-corrected chi connectivity index (χ2v) is 7.18. The molecule has 2 atom stereocenters. The van der Waals surface area contributed by atoms with Crippen molar-refractivity contribution in [1.29, 1.82) is 5.26 Å². The Kier molecular flexibility index (Phi) is 4.95. The first-order valence-electron chi connectivity index (χ1n) is 7.04. The van der Waals surface area contributed by atoms with Crippen molar-refractivity contribution in [3.8, 4) is 11.8 Å². The van der Waals surface area contributed by atoms with E-state index in [2.05, 4.69) is 30.4 Å². The van der Waals surface area contributed by atoms with Gasteiger partial charge in [0.2, 0.25) is 0 Å². The molecule has 0 aromatic heterocycles. The predicted molar refractivity (Wildman–Crippen MR) is 83.1 cm³/mol. The molecule has 1 aliphatic carbocycles. The SMILES string of the molecule is COc1ccc(SC(C)CC(C)(C#N)NC2CC2)cc1. The minimum absolute atomic E-state index is 0.388. The predicted octanol–water partition coefficient (Wildman–Crippen LogP) is 3.60. The van der Waals surface area contributed by atoms with Gasteiger partial charge in [-0.2, -0.15) is 5.26 Å². The summed E-state index contributed by atoms with van der Waals surface area (Å²) in [6.07, 6.45) is 3.26. The lowest BCUT2D eigenvalue weighted by molar-refractivity contribution is 0.413. The molecule has 3 nitrogen and oxygen atoms in total. The Bertz CT molecular complexity index is 478. The molecule has 108 valence electrons. The quantitative estimate of drug-likeness (QED) is 0.779. The highest BCUT2D eigenvalue weighted by molar-refractivity contribution is 7.99. The average molecular weight is 290 g/mol. The monoisotopic (exact) mass is 290 g/mol. The van der Waals surface area contributed by atoms with Crippen LogP contribution in [0.4, 0.5) is 0 Å². The van der Waals surface area contributed by atoms with Crippen molar-refractivity contribution in [1.82, 2.24) is 5.32 Å². The maximum atomic E-state index is 9.41. The summed E-state index contributed by atoms with van der Waals surface area (Å²) in [5, 5.41) is 13.3. The Hall–Kier alpha value is -1.18. The molecule has 1 aromatic rings.